The number of benzene rings is 2. The van der Waals surface area contributed by atoms with Crippen LogP contribution in [0.25, 0.3) is 10.9 Å². The summed E-state index contributed by atoms with van der Waals surface area (Å²) in [5.41, 5.74) is 11.5. The van der Waals surface area contributed by atoms with Crippen molar-refractivity contribution in [2.45, 2.75) is 44.7 Å². The number of nitro benzene ring substituents is 1. The Bertz CT molecular complexity index is 1010. The zero-order valence-corrected chi connectivity index (χ0v) is 16.8. The van der Waals surface area contributed by atoms with Gasteiger partial charge in [0.15, 0.2) is 0 Å². The molecule has 1 aliphatic rings. The summed E-state index contributed by atoms with van der Waals surface area (Å²) in [5.74, 6) is 0. The number of nitro groups is 1. The first kappa shape index (κ1) is 18.2. The first-order valence-corrected chi connectivity index (χ1v) is 10.0. The molecular formula is C21H22BrN3O2. The fraction of sp³-hybridized carbons (Fsp3) is 0.333. The summed E-state index contributed by atoms with van der Waals surface area (Å²) in [7, 11) is 0. The van der Waals surface area contributed by atoms with Crippen molar-refractivity contribution >= 4 is 32.5 Å². The smallest absolute Gasteiger partial charge is 0.269 e. The molecule has 2 N–H and O–H groups in total. The number of non-ortho nitro benzene ring substituents is 1. The Morgan fingerprint density at radius 3 is 2.74 bits per heavy atom. The molecule has 0 fully saturated rings. The molecule has 3 aromatic rings. The van der Waals surface area contributed by atoms with Gasteiger partial charge in [-0.1, -0.05) is 28.1 Å². The van der Waals surface area contributed by atoms with Crippen LogP contribution in [-0.2, 0) is 19.3 Å². The van der Waals surface area contributed by atoms with Crippen LogP contribution >= 0.6 is 15.9 Å². The summed E-state index contributed by atoms with van der Waals surface area (Å²) in [5, 5.41) is 12.2. The van der Waals surface area contributed by atoms with Gasteiger partial charge in [-0.15, -0.1) is 0 Å². The molecule has 0 bridgehead atoms. The molecule has 1 heterocycles. The number of fused-ring (bicyclic) bond motifs is 3. The van der Waals surface area contributed by atoms with Gasteiger partial charge in [-0.3, -0.25) is 10.1 Å². The maximum atomic E-state index is 10.9. The van der Waals surface area contributed by atoms with Crippen LogP contribution in [0.15, 0.2) is 46.9 Å². The summed E-state index contributed by atoms with van der Waals surface area (Å²) in [6.45, 7) is 2.22. The number of aromatic nitrogens is 1. The van der Waals surface area contributed by atoms with Crippen molar-refractivity contribution in [2.75, 3.05) is 0 Å². The molecule has 0 radical (unpaired) electrons. The lowest BCUT2D eigenvalue weighted by Gasteiger charge is -2.24. The molecule has 5 nitrogen and oxygen atoms in total. The number of hydrogen-bond acceptors (Lipinski definition) is 3. The Morgan fingerprint density at radius 2 is 2.04 bits per heavy atom. The average Bonchev–Trinajstić information content (AvgIpc) is 2.95. The minimum Gasteiger partial charge on any atom is -0.341 e. The highest BCUT2D eigenvalue weighted by Gasteiger charge is 2.25. The second kappa shape index (κ2) is 7.09. The van der Waals surface area contributed by atoms with E-state index in [0.29, 0.717) is 0 Å². The molecule has 2 aromatic carbocycles. The van der Waals surface area contributed by atoms with Crippen molar-refractivity contribution in [3.63, 3.8) is 0 Å². The molecule has 0 spiro atoms. The molecule has 27 heavy (non-hydrogen) atoms. The van der Waals surface area contributed by atoms with Crippen LogP contribution in [0.4, 0.5) is 5.69 Å². The van der Waals surface area contributed by atoms with Crippen molar-refractivity contribution in [1.29, 1.82) is 0 Å². The minimum atomic E-state index is -0.357. The SMILES string of the molecule is C[C@H](Cc1ccc([N+](=O)[O-])cc1)n1c2c(c3cc(Br)ccc31)C[C@H](N)CC2. The van der Waals surface area contributed by atoms with E-state index in [0.717, 1.165) is 35.7 Å². The van der Waals surface area contributed by atoms with Crippen LogP contribution in [0, 0.1) is 10.1 Å². The zero-order valence-electron chi connectivity index (χ0n) is 15.2. The van der Waals surface area contributed by atoms with E-state index in [1.807, 2.05) is 12.1 Å². The van der Waals surface area contributed by atoms with E-state index in [-0.39, 0.29) is 22.7 Å². The first-order valence-electron chi connectivity index (χ1n) is 9.24. The fourth-order valence-corrected chi connectivity index (χ4v) is 4.64. The van der Waals surface area contributed by atoms with Crippen molar-refractivity contribution in [3.8, 4) is 0 Å². The molecule has 6 heteroatoms. The number of hydrogen-bond donors (Lipinski definition) is 1. The molecule has 0 saturated carbocycles. The molecule has 0 aliphatic heterocycles. The highest BCUT2D eigenvalue weighted by molar-refractivity contribution is 9.10. The Morgan fingerprint density at radius 1 is 1.30 bits per heavy atom. The largest absolute Gasteiger partial charge is 0.341 e. The summed E-state index contributed by atoms with van der Waals surface area (Å²) in [4.78, 5) is 10.5. The monoisotopic (exact) mass is 427 g/mol. The third-order valence-electron chi connectivity index (χ3n) is 5.52. The Labute approximate surface area is 166 Å². The molecule has 4 rings (SSSR count). The summed E-state index contributed by atoms with van der Waals surface area (Å²) in [6, 6.07) is 13.8. The van der Waals surface area contributed by atoms with Crippen LogP contribution in [0.5, 0.6) is 0 Å². The van der Waals surface area contributed by atoms with E-state index in [1.165, 1.54) is 22.2 Å². The summed E-state index contributed by atoms with van der Waals surface area (Å²) >= 11 is 3.60. The van der Waals surface area contributed by atoms with Crippen molar-refractivity contribution in [2.24, 2.45) is 5.73 Å². The lowest BCUT2D eigenvalue weighted by molar-refractivity contribution is -0.384. The highest BCUT2D eigenvalue weighted by atomic mass is 79.9. The maximum Gasteiger partial charge on any atom is 0.269 e. The fourth-order valence-electron chi connectivity index (χ4n) is 4.28. The molecule has 1 aromatic heterocycles. The van der Waals surface area contributed by atoms with E-state index < -0.39 is 0 Å². The van der Waals surface area contributed by atoms with Gasteiger partial charge in [0.05, 0.1) is 4.92 Å². The first-order chi connectivity index (χ1) is 12.9. The van der Waals surface area contributed by atoms with Crippen molar-refractivity contribution in [1.82, 2.24) is 4.57 Å². The molecule has 0 saturated heterocycles. The van der Waals surface area contributed by atoms with Crippen LogP contribution in [0.3, 0.4) is 0 Å². The van der Waals surface area contributed by atoms with E-state index in [1.54, 1.807) is 12.1 Å². The third kappa shape index (κ3) is 3.39. The Balaban J connectivity index is 1.73. The second-order valence-electron chi connectivity index (χ2n) is 7.44. The van der Waals surface area contributed by atoms with Crippen LogP contribution in [0.1, 0.15) is 36.2 Å². The molecule has 0 unspecified atom stereocenters. The van der Waals surface area contributed by atoms with Crippen LogP contribution in [0.2, 0.25) is 0 Å². The standard InChI is InChI=1S/C21H22BrN3O2/c1-13(10-14-2-6-17(7-3-14)25(26)27)24-20-8-4-15(22)11-18(20)19-12-16(23)5-9-21(19)24/h2-4,6-8,11,13,16H,5,9-10,12,23H2,1H3/t13-,16-/m1/s1. The lowest BCUT2D eigenvalue weighted by atomic mass is 9.92. The van der Waals surface area contributed by atoms with Gasteiger partial charge in [0.2, 0.25) is 0 Å². The molecule has 140 valence electrons. The highest BCUT2D eigenvalue weighted by Crippen LogP contribution is 2.36. The molecule has 0 amide bonds. The van der Waals surface area contributed by atoms with Crippen LogP contribution < -0.4 is 5.73 Å². The number of halogens is 1. The quantitative estimate of drug-likeness (QED) is 0.473. The number of nitrogens with zero attached hydrogens (tertiary/aromatic N) is 2. The van der Waals surface area contributed by atoms with Gasteiger partial charge in [0, 0.05) is 45.3 Å². The summed E-state index contributed by atoms with van der Waals surface area (Å²) in [6.07, 6.45) is 3.75. The van der Waals surface area contributed by atoms with E-state index in [2.05, 4.69) is 45.6 Å². The minimum absolute atomic E-state index is 0.133. The van der Waals surface area contributed by atoms with Crippen molar-refractivity contribution < 1.29 is 4.92 Å². The molecule has 1 aliphatic carbocycles. The predicted octanol–water partition coefficient (Wildman–Crippen LogP) is 4.93. The second-order valence-corrected chi connectivity index (χ2v) is 8.35. The van der Waals surface area contributed by atoms with Crippen molar-refractivity contribution in [3.05, 3.63) is 73.9 Å². The predicted molar refractivity (Wildman–Crippen MR) is 111 cm³/mol. The molecular weight excluding hydrogens is 406 g/mol. The van der Waals surface area contributed by atoms with E-state index in [9.17, 15) is 10.1 Å². The van der Waals surface area contributed by atoms with E-state index in [4.69, 9.17) is 5.73 Å². The Kier molecular flexibility index (Phi) is 4.78. The van der Waals surface area contributed by atoms with Crippen LogP contribution in [-0.4, -0.2) is 15.5 Å². The van der Waals surface area contributed by atoms with Gasteiger partial charge in [0.25, 0.3) is 5.69 Å². The lowest BCUT2D eigenvalue weighted by Crippen LogP contribution is -2.28. The summed E-state index contributed by atoms with van der Waals surface area (Å²) < 4.78 is 3.53. The zero-order chi connectivity index (χ0) is 19.1. The average molecular weight is 428 g/mol. The van der Waals surface area contributed by atoms with Gasteiger partial charge in [-0.2, -0.15) is 0 Å². The van der Waals surface area contributed by atoms with E-state index >= 15 is 0 Å². The van der Waals surface area contributed by atoms with Gasteiger partial charge >= 0.3 is 0 Å². The molecule has 2 atom stereocenters. The van der Waals surface area contributed by atoms with Gasteiger partial charge in [0.1, 0.15) is 0 Å². The van der Waals surface area contributed by atoms with Gasteiger partial charge in [-0.05, 0) is 61.9 Å². The van der Waals surface area contributed by atoms with Gasteiger partial charge in [-0.25, -0.2) is 0 Å². The topological polar surface area (TPSA) is 74.1 Å². The normalized spacial score (nSPS) is 17.7. The number of nitrogens with two attached hydrogens (primary N) is 1. The number of rotatable bonds is 4. The third-order valence-corrected chi connectivity index (χ3v) is 6.01. The van der Waals surface area contributed by atoms with Gasteiger partial charge < -0.3 is 10.3 Å². The maximum absolute atomic E-state index is 10.9. The Hall–Kier alpha value is -2.18.